The van der Waals surface area contributed by atoms with E-state index in [4.69, 9.17) is 18.9 Å². The number of piperazine rings is 1. The number of hydrogen-bond acceptors (Lipinski definition) is 7. The maximum atomic E-state index is 13.1. The number of hydrogen-bond donors (Lipinski definition) is 1. The minimum atomic E-state index is -3.72. The Hall–Kier alpha value is -3.18. The fourth-order valence-electron chi connectivity index (χ4n) is 3.73. The molecule has 0 bridgehead atoms. The third-order valence-electron chi connectivity index (χ3n) is 5.68. The number of benzene rings is 2. The Labute approximate surface area is 200 Å². The van der Waals surface area contributed by atoms with Gasteiger partial charge in [0.2, 0.25) is 10.0 Å². The molecular weight excluding hydrogens is 462 g/mol. The highest BCUT2D eigenvalue weighted by molar-refractivity contribution is 7.89. The zero-order chi connectivity index (χ0) is 24.7. The lowest BCUT2D eigenvalue weighted by atomic mass is 10.1. The molecule has 1 saturated heterocycles. The molecule has 0 radical (unpaired) electrons. The van der Waals surface area contributed by atoms with E-state index in [1.54, 1.807) is 31.3 Å². The molecule has 1 aliphatic heterocycles. The van der Waals surface area contributed by atoms with E-state index < -0.39 is 10.0 Å². The highest BCUT2D eigenvalue weighted by Crippen LogP contribution is 2.31. The van der Waals surface area contributed by atoms with Crippen LogP contribution in [0.1, 0.15) is 5.56 Å². The van der Waals surface area contributed by atoms with Gasteiger partial charge in [0.15, 0.2) is 11.5 Å². The molecule has 186 valence electrons. The molecule has 1 N–H and O–H groups in total. The van der Waals surface area contributed by atoms with Gasteiger partial charge in [0.05, 0.1) is 33.3 Å². The highest BCUT2D eigenvalue weighted by atomic mass is 32.2. The first-order chi connectivity index (χ1) is 16.3. The zero-order valence-corrected chi connectivity index (χ0v) is 20.7. The summed E-state index contributed by atoms with van der Waals surface area (Å²) in [6, 6.07) is 9.82. The van der Waals surface area contributed by atoms with Crippen molar-refractivity contribution in [1.82, 2.24) is 14.5 Å². The van der Waals surface area contributed by atoms with E-state index in [1.165, 1.54) is 30.7 Å². The lowest BCUT2D eigenvalue weighted by Crippen LogP contribution is -2.53. The number of ether oxygens (including phenoxy) is 4. The van der Waals surface area contributed by atoms with E-state index in [9.17, 15) is 13.2 Å². The highest BCUT2D eigenvalue weighted by Gasteiger charge is 2.30. The SMILES string of the molecule is COc1ccc(CCNC(=O)N2CCN(S(=O)(=O)c3ccc(OC)c(OC)c3)CC2)c(OC)c1. The Balaban J connectivity index is 1.54. The normalized spacial score (nSPS) is 14.4. The summed E-state index contributed by atoms with van der Waals surface area (Å²) >= 11 is 0. The number of carbonyl (C=O) groups excluding carboxylic acids is 1. The van der Waals surface area contributed by atoms with E-state index in [0.717, 1.165) is 5.56 Å². The molecule has 11 heteroatoms. The van der Waals surface area contributed by atoms with Crippen LogP contribution < -0.4 is 24.3 Å². The quantitative estimate of drug-likeness (QED) is 0.569. The molecule has 1 fully saturated rings. The molecule has 0 unspecified atom stereocenters. The first-order valence-electron chi connectivity index (χ1n) is 10.8. The van der Waals surface area contributed by atoms with E-state index in [-0.39, 0.29) is 24.0 Å². The van der Waals surface area contributed by atoms with Gasteiger partial charge in [0.25, 0.3) is 0 Å². The number of nitrogens with zero attached hydrogens (tertiary/aromatic N) is 2. The smallest absolute Gasteiger partial charge is 0.317 e. The van der Waals surface area contributed by atoms with Crippen LogP contribution >= 0.6 is 0 Å². The molecule has 0 aliphatic carbocycles. The van der Waals surface area contributed by atoms with Crippen molar-refractivity contribution >= 4 is 16.1 Å². The van der Waals surface area contributed by atoms with Gasteiger partial charge in [0.1, 0.15) is 11.5 Å². The Morgan fingerprint density at radius 1 is 0.853 bits per heavy atom. The Morgan fingerprint density at radius 2 is 1.53 bits per heavy atom. The Kier molecular flexibility index (Phi) is 8.46. The largest absolute Gasteiger partial charge is 0.497 e. The van der Waals surface area contributed by atoms with Gasteiger partial charge in [-0.05, 0) is 30.2 Å². The summed E-state index contributed by atoms with van der Waals surface area (Å²) < 4.78 is 48.5. The first-order valence-corrected chi connectivity index (χ1v) is 12.2. The summed E-state index contributed by atoms with van der Waals surface area (Å²) in [6.07, 6.45) is 0.590. The van der Waals surface area contributed by atoms with Crippen LogP contribution in [0.4, 0.5) is 4.79 Å². The van der Waals surface area contributed by atoms with Crippen LogP contribution in [0.2, 0.25) is 0 Å². The van der Waals surface area contributed by atoms with Crippen LogP contribution in [0, 0.1) is 0 Å². The average Bonchev–Trinajstić information content (AvgIpc) is 2.88. The van der Waals surface area contributed by atoms with E-state index in [1.807, 2.05) is 12.1 Å². The minimum absolute atomic E-state index is 0.122. The molecular formula is C23H31N3O7S. The molecule has 3 rings (SSSR count). The van der Waals surface area contributed by atoms with Crippen molar-refractivity contribution in [1.29, 1.82) is 0 Å². The van der Waals surface area contributed by atoms with Crippen molar-refractivity contribution in [3.05, 3.63) is 42.0 Å². The van der Waals surface area contributed by atoms with Gasteiger partial charge in [-0.2, -0.15) is 4.31 Å². The van der Waals surface area contributed by atoms with Crippen molar-refractivity contribution in [2.24, 2.45) is 0 Å². The summed E-state index contributed by atoms with van der Waals surface area (Å²) in [7, 11) is 2.41. The summed E-state index contributed by atoms with van der Waals surface area (Å²) in [4.78, 5) is 14.3. The second-order valence-corrected chi connectivity index (χ2v) is 9.51. The van der Waals surface area contributed by atoms with Crippen molar-refractivity contribution in [2.45, 2.75) is 11.3 Å². The summed E-state index contributed by atoms with van der Waals surface area (Å²) in [5, 5.41) is 2.90. The van der Waals surface area contributed by atoms with Crippen molar-refractivity contribution in [3.63, 3.8) is 0 Å². The number of methoxy groups -OCH3 is 4. The van der Waals surface area contributed by atoms with E-state index in [0.29, 0.717) is 49.1 Å². The molecule has 2 aromatic rings. The molecule has 2 amide bonds. The number of carbonyl (C=O) groups is 1. The fourth-order valence-corrected chi connectivity index (χ4v) is 5.17. The molecule has 1 aliphatic rings. The van der Waals surface area contributed by atoms with Crippen LogP contribution in [0.15, 0.2) is 41.3 Å². The van der Waals surface area contributed by atoms with Crippen molar-refractivity contribution < 1.29 is 32.2 Å². The van der Waals surface area contributed by atoms with Gasteiger partial charge in [-0.1, -0.05) is 6.07 Å². The summed E-state index contributed by atoms with van der Waals surface area (Å²) in [5.74, 6) is 2.19. The predicted molar refractivity (Wildman–Crippen MR) is 127 cm³/mol. The summed E-state index contributed by atoms with van der Waals surface area (Å²) in [6.45, 7) is 1.42. The predicted octanol–water partition coefficient (Wildman–Crippen LogP) is 1.98. The molecule has 10 nitrogen and oxygen atoms in total. The van der Waals surface area contributed by atoms with E-state index >= 15 is 0 Å². The number of rotatable bonds is 9. The molecule has 1 heterocycles. The standard InChI is InChI=1S/C23H31N3O7S/c1-30-18-6-5-17(21(15-18)32-3)9-10-24-23(27)25-11-13-26(14-12-25)34(28,29)19-7-8-20(31-2)22(16-19)33-4/h5-8,15-16H,9-14H2,1-4H3,(H,24,27). The number of sulfonamides is 1. The summed E-state index contributed by atoms with van der Waals surface area (Å²) in [5.41, 5.74) is 0.953. The first kappa shape index (κ1) is 25.4. The fraction of sp³-hybridized carbons (Fsp3) is 0.435. The van der Waals surface area contributed by atoms with Crippen LogP contribution in [0.25, 0.3) is 0 Å². The Bertz CT molecular complexity index is 1100. The maximum absolute atomic E-state index is 13.1. The van der Waals surface area contributed by atoms with Crippen LogP contribution in [0.5, 0.6) is 23.0 Å². The maximum Gasteiger partial charge on any atom is 0.317 e. The zero-order valence-electron chi connectivity index (χ0n) is 19.9. The number of urea groups is 1. The number of amides is 2. The van der Waals surface area contributed by atoms with Gasteiger partial charge in [0, 0.05) is 44.9 Å². The Morgan fingerprint density at radius 3 is 2.15 bits per heavy atom. The van der Waals surface area contributed by atoms with Gasteiger partial charge in [-0.3, -0.25) is 0 Å². The van der Waals surface area contributed by atoms with Crippen LogP contribution in [-0.2, 0) is 16.4 Å². The molecule has 0 spiro atoms. The molecule has 34 heavy (non-hydrogen) atoms. The van der Waals surface area contributed by atoms with Crippen LogP contribution in [-0.4, -0.2) is 84.8 Å². The molecule has 0 atom stereocenters. The van der Waals surface area contributed by atoms with Crippen molar-refractivity contribution in [2.75, 3.05) is 61.2 Å². The van der Waals surface area contributed by atoms with Crippen LogP contribution in [0.3, 0.4) is 0 Å². The topological polar surface area (TPSA) is 107 Å². The second kappa shape index (κ2) is 11.3. The van der Waals surface area contributed by atoms with Gasteiger partial charge >= 0.3 is 6.03 Å². The van der Waals surface area contributed by atoms with Gasteiger partial charge in [-0.15, -0.1) is 0 Å². The van der Waals surface area contributed by atoms with Gasteiger partial charge in [-0.25, -0.2) is 13.2 Å². The van der Waals surface area contributed by atoms with Crippen molar-refractivity contribution in [3.8, 4) is 23.0 Å². The van der Waals surface area contributed by atoms with E-state index in [2.05, 4.69) is 5.32 Å². The molecule has 0 aromatic heterocycles. The molecule has 2 aromatic carbocycles. The average molecular weight is 494 g/mol. The number of nitrogens with one attached hydrogen (secondary N) is 1. The van der Waals surface area contributed by atoms with Gasteiger partial charge < -0.3 is 29.2 Å². The third-order valence-corrected chi connectivity index (χ3v) is 7.58. The minimum Gasteiger partial charge on any atom is -0.497 e. The monoisotopic (exact) mass is 493 g/mol. The lowest BCUT2D eigenvalue weighted by molar-refractivity contribution is 0.172. The third kappa shape index (κ3) is 5.65. The lowest BCUT2D eigenvalue weighted by Gasteiger charge is -2.34. The molecule has 0 saturated carbocycles. The second-order valence-electron chi connectivity index (χ2n) is 7.57.